The molecule has 7 nitrogen and oxygen atoms in total. The number of amides is 2. The summed E-state index contributed by atoms with van der Waals surface area (Å²) in [5.74, 6) is 1.12. The molecule has 7 heteroatoms. The average molecular weight is 450 g/mol. The van der Waals surface area contributed by atoms with Gasteiger partial charge in [0, 0.05) is 16.9 Å². The Bertz CT molecular complexity index is 983. The number of hydrogen-bond donors (Lipinski definition) is 3. The van der Waals surface area contributed by atoms with Crippen molar-refractivity contribution in [3.63, 3.8) is 0 Å². The minimum Gasteiger partial charge on any atom is -0.494 e. The van der Waals surface area contributed by atoms with Crippen LogP contribution in [-0.4, -0.2) is 25.0 Å². The zero-order valence-corrected chi connectivity index (χ0v) is 18.9. The van der Waals surface area contributed by atoms with E-state index >= 15 is 0 Å². The summed E-state index contributed by atoms with van der Waals surface area (Å²) in [6, 6.07) is 17.9. The molecule has 3 N–H and O–H groups in total. The molecule has 2 aromatic carbocycles. The van der Waals surface area contributed by atoms with Crippen LogP contribution in [0.5, 0.6) is 5.75 Å². The highest BCUT2D eigenvalue weighted by molar-refractivity contribution is 5.96. The van der Waals surface area contributed by atoms with E-state index in [4.69, 9.17) is 9.15 Å². The van der Waals surface area contributed by atoms with Crippen LogP contribution in [0, 0.1) is 0 Å². The van der Waals surface area contributed by atoms with Crippen LogP contribution in [-0.2, 0) is 11.3 Å². The first-order valence-corrected chi connectivity index (χ1v) is 11.3. The Hall–Kier alpha value is -3.74. The number of unbranched alkanes of at least 4 members (excludes halogenated alkanes) is 3. The van der Waals surface area contributed by atoms with Crippen LogP contribution < -0.4 is 20.7 Å². The Kier molecular flexibility index (Phi) is 9.39. The van der Waals surface area contributed by atoms with E-state index in [-0.39, 0.29) is 18.4 Å². The molecule has 0 bridgehead atoms. The Morgan fingerprint density at radius 1 is 0.909 bits per heavy atom. The maximum Gasteiger partial charge on any atom is 0.251 e. The normalized spacial score (nSPS) is 10.5. The second-order valence-corrected chi connectivity index (χ2v) is 7.67. The van der Waals surface area contributed by atoms with Gasteiger partial charge in [-0.1, -0.05) is 26.2 Å². The van der Waals surface area contributed by atoms with Crippen molar-refractivity contribution < 1.29 is 18.7 Å². The predicted octanol–water partition coefficient (Wildman–Crippen LogP) is 5.22. The third-order valence-corrected chi connectivity index (χ3v) is 5.01. The first kappa shape index (κ1) is 23.9. The monoisotopic (exact) mass is 449 g/mol. The first-order chi connectivity index (χ1) is 16.1. The minimum absolute atomic E-state index is 0.128. The highest BCUT2D eigenvalue weighted by atomic mass is 16.5. The zero-order chi connectivity index (χ0) is 23.3. The third-order valence-electron chi connectivity index (χ3n) is 5.01. The molecule has 0 aliphatic heterocycles. The van der Waals surface area contributed by atoms with E-state index in [9.17, 15) is 9.59 Å². The Balaban J connectivity index is 1.37. The maximum absolute atomic E-state index is 12.2. The number of nitrogens with one attached hydrogen (secondary N) is 3. The highest BCUT2D eigenvalue weighted by Gasteiger charge is 2.08. The number of hydrogen-bond acceptors (Lipinski definition) is 5. The molecule has 0 fully saturated rings. The van der Waals surface area contributed by atoms with Crippen LogP contribution in [0.15, 0.2) is 71.3 Å². The van der Waals surface area contributed by atoms with Crippen LogP contribution in [0.1, 0.15) is 48.7 Å². The molecule has 0 aliphatic rings. The molecule has 0 spiro atoms. The molecule has 0 unspecified atom stereocenters. The number of rotatable bonds is 13. The van der Waals surface area contributed by atoms with Crippen LogP contribution in [0.3, 0.4) is 0 Å². The van der Waals surface area contributed by atoms with Crippen LogP contribution in [0.2, 0.25) is 0 Å². The van der Waals surface area contributed by atoms with Crippen molar-refractivity contribution in [2.75, 3.05) is 23.8 Å². The minimum atomic E-state index is -0.209. The summed E-state index contributed by atoms with van der Waals surface area (Å²) in [4.78, 5) is 24.4. The molecule has 2 amide bonds. The summed E-state index contributed by atoms with van der Waals surface area (Å²) < 4.78 is 10.9. The smallest absolute Gasteiger partial charge is 0.251 e. The molecular weight excluding hydrogens is 418 g/mol. The quantitative estimate of drug-likeness (QED) is 0.311. The number of carbonyl (C=O) groups excluding carboxylic acids is 2. The van der Waals surface area contributed by atoms with E-state index in [0.717, 1.165) is 24.5 Å². The van der Waals surface area contributed by atoms with E-state index in [1.54, 1.807) is 42.7 Å². The summed E-state index contributed by atoms with van der Waals surface area (Å²) in [6.07, 6.45) is 6.26. The topological polar surface area (TPSA) is 92.6 Å². The van der Waals surface area contributed by atoms with Crippen molar-refractivity contribution >= 4 is 23.2 Å². The number of benzene rings is 2. The number of ether oxygens (including phenoxy) is 1. The Morgan fingerprint density at radius 3 is 2.36 bits per heavy atom. The van der Waals surface area contributed by atoms with Crippen LogP contribution in [0.4, 0.5) is 11.4 Å². The van der Waals surface area contributed by atoms with Gasteiger partial charge in [-0.05, 0) is 67.1 Å². The highest BCUT2D eigenvalue weighted by Crippen LogP contribution is 2.16. The maximum atomic E-state index is 12.2. The van der Waals surface area contributed by atoms with Gasteiger partial charge in [0.05, 0.1) is 26.0 Å². The van der Waals surface area contributed by atoms with Crippen molar-refractivity contribution in [2.24, 2.45) is 0 Å². The molecule has 0 aliphatic carbocycles. The lowest BCUT2D eigenvalue weighted by atomic mass is 10.2. The van der Waals surface area contributed by atoms with Gasteiger partial charge in [0.2, 0.25) is 5.91 Å². The van der Waals surface area contributed by atoms with Crippen molar-refractivity contribution in [3.8, 4) is 5.75 Å². The molecule has 1 aromatic heterocycles. The fourth-order valence-corrected chi connectivity index (χ4v) is 3.16. The van der Waals surface area contributed by atoms with Gasteiger partial charge in [-0.2, -0.15) is 0 Å². The number of furan rings is 1. The van der Waals surface area contributed by atoms with Gasteiger partial charge < -0.3 is 25.1 Å². The van der Waals surface area contributed by atoms with Gasteiger partial charge in [-0.3, -0.25) is 9.59 Å². The van der Waals surface area contributed by atoms with Gasteiger partial charge in [0.1, 0.15) is 11.5 Å². The zero-order valence-electron chi connectivity index (χ0n) is 18.9. The molecule has 3 aromatic rings. The van der Waals surface area contributed by atoms with Gasteiger partial charge in [0.25, 0.3) is 5.91 Å². The van der Waals surface area contributed by atoms with Crippen molar-refractivity contribution in [2.45, 2.75) is 39.2 Å². The lowest BCUT2D eigenvalue weighted by Crippen LogP contribution is -2.23. The molecule has 0 saturated carbocycles. The Labute approximate surface area is 194 Å². The van der Waals surface area contributed by atoms with E-state index in [1.807, 2.05) is 24.3 Å². The summed E-state index contributed by atoms with van der Waals surface area (Å²) >= 11 is 0. The molecule has 1 heterocycles. The van der Waals surface area contributed by atoms with E-state index < -0.39 is 0 Å². The predicted molar refractivity (Wildman–Crippen MR) is 130 cm³/mol. The van der Waals surface area contributed by atoms with E-state index in [1.165, 1.54) is 19.3 Å². The lowest BCUT2D eigenvalue weighted by molar-refractivity contribution is -0.114. The summed E-state index contributed by atoms with van der Waals surface area (Å²) in [7, 11) is 0. The van der Waals surface area contributed by atoms with Crippen molar-refractivity contribution in [1.82, 2.24) is 5.32 Å². The van der Waals surface area contributed by atoms with Gasteiger partial charge >= 0.3 is 0 Å². The molecule has 0 saturated heterocycles. The van der Waals surface area contributed by atoms with E-state index in [2.05, 4.69) is 22.9 Å². The SMILES string of the molecule is CCCCCCOc1ccc(NCC(=O)Nc2ccc(C(=O)NCc3ccco3)cc2)cc1. The molecule has 33 heavy (non-hydrogen) atoms. The average Bonchev–Trinajstić information content (AvgIpc) is 3.36. The molecule has 0 radical (unpaired) electrons. The fraction of sp³-hybridized carbons (Fsp3) is 0.308. The van der Waals surface area contributed by atoms with Gasteiger partial charge in [-0.25, -0.2) is 0 Å². The number of anilines is 2. The fourth-order valence-electron chi connectivity index (χ4n) is 3.16. The number of carbonyl (C=O) groups is 2. The third kappa shape index (κ3) is 8.37. The summed E-state index contributed by atoms with van der Waals surface area (Å²) in [5, 5.41) is 8.69. The van der Waals surface area contributed by atoms with E-state index in [0.29, 0.717) is 23.6 Å². The van der Waals surface area contributed by atoms with Crippen molar-refractivity contribution in [3.05, 3.63) is 78.3 Å². The van der Waals surface area contributed by atoms with Crippen LogP contribution >= 0.6 is 0 Å². The first-order valence-electron chi connectivity index (χ1n) is 11.3. The second kappa shape index (κ2) is 13.0. The summed E-state index contributed by atoms with van der Waals surface area (Å²) in [5.41, 5.74) is 1.97. The second-order valence-electron chi connectivity index (χ2n) is 7.67. The lowest BCUT2D eigenvalue weighted by Gasteiger charge is -2.10. The molecule has 174 valence electrons. The molecular formula is C26H31N3O4. The van der Waals surface area contributed by atoms with Crippen molar-refractivity contribution in [1.29, 1.82) is 0 Å². The molecule has 0 atom stereocenters. The largest absolute Gasteiger partial charge is 0.494 e. The van der Waals surface area contributed by atoms with Gasteiger partial charge in [-0.15, -0.1) is 0 Å². The van der Waals surface area contributed by atoms with Crippen LogP contribution in [0.25, 0.3) is 0 Å². The Morgan fingerprint density at radius 2 is 1.67 bits per heavy atom. The molecule has 3 rings (SSSR count). The standard InChI is InChI=1S/C26H31N3O4/c1-2-3-4-5-16-32-23-14-12-21(13-15-23)27-19-25(30)29-22-10-8-20(9-11-22)26(31)28-18-24-7-6-17-33-24/h6-15,17,27H,2-5,16,18-19H2,1H3,(H,28,31)(H,29,30). The summed E-state index contributed by atoms with van der Waals surface area (Å²) in [6.45, 7) is 3.36. The van der Waals surface area contributed by atoms with Gasteiger partial charge in [0.15, 0.2) is 0 Å².